The second-order valence-electron chi connectivity index (χ2n) is 6.77. The van der Waals surface area contributed by atoms with Crippen molar-refractivity contribution in [2.24, 2.45) is 0 Å². The van der Waals surface area contributed by atoms with Crippen LogP contribution in [0.1, 0.15) is 37.8 Å². The van der Waals surface area contributed by atoms with E-state index in [9.17, 15) is 33.2 Å². The number of halogens is 3. The van der Waals surface area contributed by atoms with E-state index in [4.69, 9.17) is 4.74 Å². The second-order valence-corrected chi connectivity index (χ2v) is 6.77. The molecule has 1 aliphatic rings. The summed E-state index contributed by atoms with van der Waals surface area (Å²) in [5.74, 6) is -1.92. The molecule has 10 heteroatoms. The quantitative estimate of drug-likeness (QED) is 0.640. The summed E-state index contributed by atoms with van der Waals surface area (Å²) in [7, 11) is 0. The highest BCUT2D eigenvalue weighted by molar-refractivity contribution is 5.70. The smallest absolute Gasteiger partial charge is 0.420 e. The average molecular weight is 362 g/mol. The van der Waals surface area contributed by atoms with Crippen molar-refractivity contribution in [2.75, 3.05) is 13.1 Å². The van der Waals surface area contributed by atoms with Gasteiger partial charge in [0.05, 0.1) is 4.92 Å². The third-order valence-electron chi connectivity index (χ3n) is 3.62. The van der Waals surface area contributed by atoms with Crippen LogP contribution in [0.3, 0.4) is 0 Å². The number of hydrogen-bond acceptors (Lipinski definition) is 5. The number of rotatable bonds is 2. The lowest BCUT2D eigenvalue weighted by molar-refractivity contribution is -0.386. The third-order valence-corrected chi connectivity index (χ3v) is 3.62. The maximum absolute atomic E-state index is 13.0. The molecular weight excluding hydrogens is 345 g/mol. The number of nitro groups is 1. The number of benzene rings is 1. The Kier molecular flexibility index (Phi) is 4.58. The topological polar surface area (TPSA) is 92.9 Å². The predicted molar refractivity (Wildman–Crippen MR) is 80.3 cm³/mol. The van der Waals surface area contributed by atoms with Gasteiger partial charge in [0.1, 0.15) is 11.2 Å². The van der Waals surface area contributed by atoms with Gasteiger partial charge in [-0.3, -0.25) is 10.1 Å². The molecule has 7 nitrogen and oxygen atoms in total. The molecular formula is C15H17F3N2O5. The normalized spacial score (nSPS) is 15.7. The standard InChI is InChI=1S/C15H17F3N2O5/c1-14(2,3)25-13(22)19-6-9(7-19)8-4-10(15(16,17)18)12(21)11(5-8)20(23)24/h4-5,9,21H,6-7H2,1-3H3. The Balaban J connectivity index is 2.23. The van der Waals surface area contributed by atoms with Crippen LogP contribution >= 0.6 is 0 Å². The molecule has 25 heavy (non-hydrogen) atoms. The molecule has 1 aliphatic heterocycles. The van der Waals surface area contributed by atoms with Gasteiger partial charge in [-0.1, -0.05) is 0 Å². The predicted octanol–water partition coefficient (Wildman–Crippen LogP) is 3.65. The summed E-state index contributed by atoms with van der Waals surface area (Å²) in [4.78, 5) is 23.0. The SMILES string of the molecule is CC(C)(C)OC(=O)N1CC(c2cc([N+](=O)[O-])c(O)c(C(F)(F)F)c2)C1. The summed E-state index contributed by atoms with van der Waals surface area (Å²) >= 11 is 0. The van der Waals surface area contributed by atoms with Crippen molar-refractivity contribution in [3.05, 3.63) is 33.4 Å². The number of ether oxygens (including phenoxy) is 1. The molecule has 0 radical (unpaired) electrons. The highest BCUT2D eigenvalue weighted by Gasteiger charge is 2.41. The first-order valence-corrected chi connectivity index (χ1v) is 7.36. The number of phenols is 1. The van der Waals surface area contributed by atoms with E-state index in [1.807, 2.05) is 0 Å². The van der Waals surface area contributed by atoms with Gasteiger partial charge in [0.15, 0.2) is 0 Å². The number of hydrogen-bond donors (Lipinski definition) is 1. The fraction of sp³-hybridized carbons (Fsp3) is 0.533. The zero-order valence-electron chi connectivity index (χ0n) is 13.8. The molecule has 1 amide bonds. The van der Waals surface area contributed by atoms with Gasteiger partial charge in [-0.15, -0.1) is 0 Å². The molecule has 0 unspecified atom stereocenters. The van der Waals surface area contributed by atoms with Gasteiger partial charge in [-0.05, 0) is 32.4 Å². The molecule has 1 N–H and O–H groups in total. The van der Waals surface area contributed by atoms with Crippen LogP contribution in [0.15, 0.2) is 12.1 Å². The average Bonchev–Trinajstić information content (AvgIpc) is 2.34. The molecule has 0 atom stereocenters. The first kappa shape index (κ1) is 18.8. The first-order chi connectivity index (χ1) is 11.3. The lowest BCUT2D eigenvalue weighted by Gasteiger charge is -2.40. The van der Waals surface area contributed by atoms with E-state index in [-0.39, 0.29) is 18.7 Å². The van der Waals surface area contributed by atoms with Gasteiger partial charge >= 0.3 is 18.0 Å². The minimum Gasteiger partial charge on any atom is -0.502 e. The summed E-state index contributed by atoms with van der Waals surface area (Å²) in [6, 6.07) is 1.58. The van der Waals surface area contributed by atoms with Crippen molar-refractivity contribution in [1.82, 2.24) is 4.90 Å². The molecule has 1 aromatic carbocycles. The molecule has 1 fully saturated rings. The zero-order chi connectivity index (χ0) is 19.2. The fourth-order valence-electron chi connectivity index (χ4n) is 2.40. The summed E-state index contributed by atoms with van der Waals surface area (Å²) in [5, 5.41) is 20.4. The van der Waals surface area contributed by atoms with Crippen LogP contribution in [0, 0.1) is 10.1 Å². The van der Waals surface area contributed by atoms with Gasteiger partial charge in [0.2, 0.25) is 5.75 Å². The number of amides is 1. The van der Waals surface area contributed by atoms with Crippen LogP contribution in [0.25, 0.3) is 0 Å². The van der Waals surface area contributed by atoms with E-state index < -0.39 is 45.7 Å². The van der Waals surface area contributed by atoms with Crippen LogP contribution in [-0.4, -0.2) is 39.7 Å². The molecule has 0 aromatic heterocycles. The fourth-order valence-corrected chi connectivity index (χ4v) is 2.40. The molecule has 1 aromatic rings. The number of carbonyl (C=O) groups is 1. The van der Waals surface area contributed by atoms with Crippen molar-refractivity contribution in [2.45, 2.75) is 38.5 Å². The minimum absolute atomic E-state index is 0.0385. The largest absolute Gasteiger partial charge is 0.502 e. The number of carbonyl (C=O) groups excluding carboxylic acids is 1. The van der Waals surface area contributed by atoms with Crippen LogP contribution in [0.2, 0.25) is 0 Å². The van der Waals surface area contributed by atoms with Gasteiger partial charge < -0.3 is 14.7 Å². The maximum atomic E-state index is 13.0. The van der Waals surface area contributed by atoms with Crippen molar-refractivity contribution in [1.29, 1.82) is 0 Å². The molecule has 0 bridgehead atoms. The van der Waals surface area contributed by atoms with Gasteiger partial charge in [-0.25, -0.2) is 4.79 Å². The van der Waals surface area contributed by atoms with Crippen molar-refractivity contribution in [3.8, 4) is 5.75 Å². The second kappa shape index (κ2) is 6.08. The number of nitrogens with zero attached hydrogens (tertiary/aromatic N) is 2. The molecule has 0 spiro atoms. The maximum Gasteiger partial charge on any atom is 0.420 e. The zero-order valence-corrected chi connectivity index (χ0v) is 13.8. The Morgan fingerprint density at radius 1 is 1.32 bits per heavy atom. The van der Waals surface area contributed by atoms with E-state index in [0.717, 1.165) is 6.07 Å². The number of alkyl halides is 3. The summed E-state index contributed by atoms with van der Waals surface area (Å²) < 4.78 is 44.1. The van der Waals surface area contributed by atoms with Crippen molar-refractivity contribution < 1.29 is 32.7 Å². The number of aromatic hydroxyl groups is 1. The van der Waals surface area contributed by atoms with Crippen LogP contribution in [-0.2, 0) is 10.9 Å². The number of nitro benzene ring substituents is 1. The molecule has 0 saturated carbocycles. The Hall–Kier alpha value is -2.52. The lowest BCUT2D eigenvalue weighted by atomic mass is 9.90. The van der Waals surface area contributed by atoms with E-state index in [2.05, 4.69) is 0 Å². The molecule has 138 valence electrons. The first-order valence-electron chi connectivity index (χ1n) is 7.36. The Bertz CT molecular complexity index is 706. The van der Waals surface area contributed by atoms with Gasteiger partial charge in [0, 0.05) is 25.1 Å². The van der Waals surface area contributed by atoms with E-state index >= 15 is 0 Å². The van der Waals surface area contributed by atoms with Crippen LogP contribution in [0.4, 0.5) is 23.7 Å². The van der Waals surface area contributed by atoms with Gasteiger partial charge in [-0.2, -0.15) is 13.2 Å². The van der Waals surface area contributed by atoms with E-state index in [1.54, 1.807) is 20.8 Å². The minimum atomic E-state index is -4.93. The Labute approximate surface area is 141 Å². The number of phenolic OH excluding ortho intramolecular Hbond substituents is 1. The van der Waals surface area contributed by atoms with E-state index in [0.29, 0.717) is 6.07 Å². The molecule has 1 heterocycles. The molecule has 0 aliphatic carbocycles. The summed E-state index contributed by atoms with van der Waals surface area (Å²) in [6.45, 7) is 5.20. The third kappa shape index (κ3) is 4.12. The Morgan fingerprint density at radius 2 is 1.88 bits per heavy atom. The molecule has 2 rings (SSSR count). The van der Waals surface area contributed by atoms with Crippen molar-refractivity contribution in [3.63, 3.8) is 0 Å². The summed E-state index contributed by atoms with van der Waals surface area (Å²) in [6.07, 6.45) is -5.53. The summed E-state index contributed by atoms with van der Waals surface area (Å²) in [5.41, 5.74) is -3.15. The van der Waals surface area contributed by atoms with E-state index in [1.165, 1.54) is 4.90 Å². The van der Waals surface area contributed by atoms with Crippen molar-refractivity contribution >= 4 is 11.8 Å². The molecule has 1 saturated heterocycles. The monoisotopic (exact) mass is 362 g/mol. The van der Waals surface area contributed by atoms with Crippen LogP contribution < -0.4 is 0 Å². The van der Waals surface area contributed by atoms with Crippen LogP contribution in [0.5, 0.6) is 5.75 Å². The highest BCUT2D eigenvalue weighted by atomic mass is 19.4. The highest BCUT2D eigenvalue weighted by Crippen LogP contribution is 2.43. The lowest BCUT2D eigenvalue weighted by Crippen LogP contribution is -2.50. The number of likely N-dealkylation sites (tertiary alicyclic amines) is 1. The van der Waals surface area contributed by atoms with Gasteiger partial charge in [0.25, 0.3) is 0 Å². The Morgan fingerprint density at radius 3 is 2.32 bits per heavy atom.